The second-order valence-electron chi connectivity index (χ2n) is 6.38. The topological polar surface area (TPSA) is 174 Å². The molecule has 0 bridgehead atoms. The van der Waals surface area contributed by atoms with Gasteiger partial charge in [-0.05, 0) is 35.9 Å². The van der Waals surface area contributed by atoms with Crippen molar-refractivity contribution in [3.8, 4) is 0 Å². The molecule has 0 aromatic carbocycles. The largest absolute Gasteiger partial charge is 0.481 e. The fourth-order valence-electron chi connectivity index (χ4n) is 1.64. The Morgan fingerprint density at radius 3 is 1.57 bits per heavy atom. The van der Waals surface area contributed by atoms with Crippen molar-refractivity contribution in [1.29, 1.82) is 0 Å². The number of nitrogens with zero attached hydrogens (tertiary/aromatic N) is 2. The maximum absolute atomic E-state index is 11.3. The number of pyridine rings is 2. The number of rotatable bonds is 8. The number of carbonyl (C=O) groups excluding carboxylic acids is 5. The van der Waals surface area contributed by atoms with Crippen molar-refractivity contribution in [1.82, 2.24) is 9.97 Å². The second-order valence-corrected chi connectivity index (χ2v) is 10.3. The number of nitrogens with two attached hydrogens (primary N) is 1. The predicted octanol–water partition coefficient (Wildman–Crippen LogP) is 3.52. The van der Waals surface area contributed by atoms with Crippen LogP contribution in [0.2, 0.25) is 0 Å². The summed E-state index contributed by atoms with van der Waals surface area (Å²) < 4.78 is 0. The van der Waals surface area contributed by atoms with Crippen LogP contribution in [0.15, 0.2) is 48.8 Å². The molecule has 0 unspecified atom stereocenters. The normalized spacial score (nSPS) is 9.08. The molecule has 0 amide bonds. The van der Waals surface area contributed by atoms with E-state index in [1.807, 2.05) is 18.2 Å². The monoisotopic (exact) mass is 589 g/mol. The standard InChI is InChI=1S/C10H11NO2S.C5H6N2.C4H5ClO2S.C4H6O3S/c1-8(12)14-7-10(13)6-9-4-2-3-5-11-9;6-5-3-1-2-4-7-5;1-3(6)8-2-4(5)7;1-3(5)8-2-4(6)7/h2-5H,6-7H2,1H3;1-4H,(H2,6,7);2H2,1H3;2H2,1H3,(H,6,7). The van der Waals surface area contributed by atoms with Gasteiger partial charge in [-0.2, -0.15) is 0 Å². The molecular weight excluding hydrogens is 562 g/mol. The van der Waals surface area contributed by atoms with Gasteiger partial charge in [-0.15, -0.1) is 0 Å². The Balaban J connectivity index is 0. The maximum atomic E-state index is 11.3. The molecule has 0 aliphatic heterocycles. The highest BCUT2D eigenvalue weighted by Gasteiger charge is 2.06. The number of halogens is 1. The first-order valence-electron chi connectivity index (χ1n) is 10.2. The highest BCUT2D eigenvalue weighted by Crippen LogP contribution is 2.04. The average molecular weight is 590 g/mol. The number of Topliss-reactive ketones (excluding diaryl/α,β-unsaturated/α-hetero) is 1. The molecular formula is C23H28ClN3O7S3. The van der Waals surface area contributed by atoms with E-state index in [-0.39, 0.29) is 38.4 Å². The summed E-state index contributed by atoms with van der Waals surface area (Å²) in [6.45, 7) is 4.19. The Labute approximate surface area is 232 Å². The lowest BCUT2D eigenvalue weighted by Gasteiger charge is -1.98. The molecule has 2 aromatic rings. The lowest BCUT2D eigenvalue weighted by molar-refractivity contribution is -0.134. The number of hydrogen-bond donors (Lipinski definition) is 2. The highest BCUT2D eigenvalue weighted by molar-refractivity contribution is 8.14. The van der Waals surface area contributed by atoms with E-state index in [9.17, 15) is 28.8 Å². The fraction of sp³-hybridized carbons (Fsp3) is 0.304. The Kier molecular flexibility index (Phi) is 23.3. The first-order valence-corrected chi connectivity index (χ1v) is 13.5. The summed E-state index contributed by atoms with van der Waals surface area (Å²) in [5.41, 5.74) is 6.00. The Morgan fingerprint density at radius 1 is 0.784 bits per heavy atom. The van der Waals surface area contributed by atoms with Crippen LogP contribution in [0.25, 0.3) is 0 Å². The van der Waals surface area contributed by atoms with Gasteiger partial charge in [-0.1, -0.05) is 47.4 Å². The number of hydrogen-bond acceptors (Lipinski definition) is 12. The molecule has 0 aliphatic carbocycles. The van der Waals surface area contributed by atoms with E-state index >= 15 is 0 Å². The van der Waals surface area contributed by atoms with Gasteiger partial charge in [0.05, 0.1) is 17.3 Å². The fourth-order valence-corrected chi connectivity index (χ4v) is 2.91. The molecule has 10 nitrogen and oxygen atoms in total. The Morgan fingerprint density at radius 2 is 1.27 bits per heavy atom. The minimum Gasteiger partial charge on any atom is -0.481 e. The van der Waals surface area contributed by atoms with Crippen molar-refractivity contribution in [3.05, 3.63) is 54.5 Å². The average Bonchev–Trinajstić information content (AvgIpc) is 2.82. The van der Waals surface area contributed by atoms with E-state index in [0.29, 0.717) is 12.2 Å². The Hall–Kier alpha value is -2.74. The van der Waals surface area contributed by atoms with Crippen LogP contribution in [0.3, 0.4) is 0 Å². The smallest absolute Gasteiger partial charge is 0.313 e. The molecule has 0 fully saturated rings. The van der Waals surface area contributed by atoms with Crippen molar-refractivity contribution in [2.45, 2.75) is 27.2 Å². The minimum atomic E-state index is -0.954. The van der Waals surface area contributed by atoms with Gasteiger partial charge in [0, 0.05) is 45.3 Å². The SMILES string of the molecule is CC(=O)SCC(=O)Cc1ccccn1.CC(=O)SCC(=O)Cl.CC(=O)SCC(=O)O.Nc1ccccn1. The first-order chi connectivity index (χ1) is 17.3. The summed E-state index contributed by atoms with van der Waals surface area (Å²) in [5.74, 6) is -0.158. The number of carbonyl (C=O) groups is 6. The molecule has 0 atom stereocenters. The van der Waals surface area contributed by atoms with Crippen molar-refractivity contribution in [2.75, 3.05) is 23.0 Å². The van der Waals surface area contributed by atoms with E-state index in [2.05, 4.69) is 9.97 Å². The van der Waals surface area contributed by atoms with Crippen molar-refractivity contribution in [3.63, 3.8) is 0 Å². The number of carboxylic acid groups (broad SMARTS) is 1. The van der Waals surface area contributed by atoms with Gasteiger partial charge >= 0.3 is 5.97 Å². The maximum Gasteiger partial charge on any atom is 0.313 e. The zero-order chi connectivity index (χ0) is 28.6. The van der Waals surface area contributed by atoms with Crippen LogP contribution in [-0.2, 0) is 35.2 Å². The molecule has 14 heteroatoms. The van der Waals surface area contributed by atoms with Crippen LogP contribution in [0.4, 0.5) is 5.82 Å². The molecule has 2 rings (SSSR count). The first kappa shape index (κ1) is 36.4. The molecule has 202 valence electrons. The summed E-state index contributed by atoms with van der Waals surface area (Å²) in [5, 5.41) is 7.24. The van der Waals surface area contributed by atoms with Crippen molar-refractivity contribution < 1.29 is 33.9 Å². The summed E-state index contributed by atoms with van der Waals surface area (Å²) in [4.78, 5) is 69.5. The van der Waals surface area contributed by atoms with Gasteiger partial charge < -0.3 is 10.8 Å². The molecule has 0 radical (unpaired) electrons. The molecule has 37 heavy (non-hydrogen) atoms. The van der Waals surface area contributed by atoms with Gasteiger partial charge in [0.1, 0.15) is 11.6 Å². The van der Waals surface area contributed by atoms with Gasteiger partial charge in [0.2, 0.25) is 5.24 Å². The van der Waals surface area contributed by atoms with Gasteiger partial charge in [0.25, 0.3) is 0 Å². The van der Waals surface area contributed by atoms with Crippen LogP contribution >= 0.6 is 46.9 Å². The van der Waals surface area contributed by atoms with E-state index in [4.69, 9.17) is 22.4 Å². The molecule has 2 heterocycles. The third-order valence-corrected chi connectivity index (χ3v) is 5.79. The zero-order valence-electron chi connectivity index (χ0n) is 20.4. The summed E-state index contributed by atoms with van der Waals surface area (Å²) >= 11 is 7.67. The number of anilines is 1. The quantitative estimate of drug-likeness (QED) is 0.428. The van der Waals surface area contributed by atoms with Crippen molar-refractivity contribution >= 4 is 85.0 Å². The molecule has 0 spiro atoms. The van der Waals surface area contributed by atoms with Crippen LogP contribution in [0, 0.1) is 0 Å². The number of nitrogen functional groups attached to an aromatic ring is 1. The lowest BCUT2D eigenvalue weighted by atomic mass is 10.2. The van der Waals surface area contributed by atoms with Crippen LogP contribution in [-0.4, -0.2) is 64.7 Å². The summed E-state index contributed by atoms with van der Waals surface area (Å²) in [7, 11) is 0. The third-order valence-electron chi connectivity index (χ3n) is 3.02. The number of aliphatic carboxylic acids is 1. The van der Waals surface area contributed by atoms with E-state index < -0.39 is 11.2 Å². The number of ketones is 1. The van der Waals surface area contributed by atoms with Gasteiger partial charge in [0.15, 0.2) is 15.3 Å². The molecule has 3 N–H and O–H groups in total. The van der Waals surface area contributed by atoms with Crippen LogP contribution in [0.5, 0.6) is 0 Å². The predicted molar refractivity (Wildman–Crippen MR) is 150 cm³/mol. The summed E-state index contributed by atoms with van der Waals surface area (Å²) in [6.07, 6.45) is 3.62. The van der Waals surface area contributed by atoms with Crippen molar-refractivity contribution in [2.24, 2.45) is 0 Å². The van der Waals surface area contributed by atoms with E-state index in [0.717, 1.165) is 41.0 Å². The molecule has 0 saturated heterocycles. The van der Waals surface area contributed by atoms with Gasteiger partial charge in [-0.25, -0.2) is 4.98 Å². The second kappa shape index (κ2) is 23.6. The summed E-state index contributed by atoms with van der Waals surface area (Å²) in [6, 6.07) is 10.9. The number of thioether (sulfide) groups is 3. The van der Waals surface area contributed by atoms with E-state index in [1.54, 1.807) is 30.6 Å². The molecule has 0 saturated carbocycles. The van der Waals surface area contributed by atoms with Crippen LogP contribution in [0.1, 0.15) is 26.5 Å². The third kappa shape index (κ3) is 31.2. The zero-order valence-corrected chi connectivity index (χ0v) is 23.6. The number of carboxylic acids is 1. The minimum absolute atomic E-state index is 0.0284. The van der Waals surface area contributed by atoms with Gasteiger partial charge in [-0.3, -0.25) is 33.8 Å². The molecule has 2 aromatic heterocycles. The highest BCUT2D eigenvalue weighted by atomic mass is 35.5. The lowest BCUT2D eigenvalue weighted by Crippen LogP contribution is -2.07. The number of aromatic nitrogens is 2. The Bertz CT molecular complexity index is 942. The van der Waals surface area contributed by atoms with Crippen LogP contribution < -0.4 is 5.73 Å². The van der Waals surface area contributed by atoms with E-state index in [1.165, 1.54) is 20.8 Å². The molecule has 0 aliphatic rings.